The predicted molar refractivity (Wildman–Crippen MR) is 200 cm³/mol. The highest BCUT2D eigenvalue weighted by Gasteiger charge is 2.45. The lowest BCUT2D eigenvalue weighted by Gasteiger charge is -2.41. The van der Waals surface area contributed by atoms with Gasteiger partial charge in [-0.15, -0.1) is 0 Å². The molecular weight excluding hydrogens is 611 g/mol. The molecule has 0 unspecified atom stereocenters. The molecule has 50 heavy (non-hydrogen) atoms. The molecule has 0 atom stereocenters. The van der Waals surface area contributed by atoms with Gasteiger partial charge in [-0.2, -0.15) is 0 Å². The number of benzene rings is 7. The van der Waals surface area contributed by atoms with Gasteiger partial charge in [0.15, 0.2) is 17.5 Å². The molecule has 0 radical (unpaired) electrons. The normalized spacial score (nSPS) is 12.7. The molecule has 236 valence electrons. The quantitative estimate of drug-likeness (QED) is 0.181. The lowest BCUT2D eigenvalue weighted by Crippen LogP contribution is -2.34. The number of ether oxygens (including phenoxy) is 1. The fraction of sp³-hybridized carbons (Fsp3) is 0.0217. The van der Waals surface area contributed by atoms with E-state index in [9.17, 15) is 0 Å². The zero-order valence-electron chi connectivity index (χ0n) is 27.1. The van der Waals surface area contributed by atoms with Gasteiger partial charge in [0.1, 0.15) is 11.5 Å². The predicted octanol–water partition coefficient (Wildman–Crippen LogP) is 11.0. The van der Waals surface area contributed by atoms with Crippen LogP contribution in [0, 0.1) is 0 Å². The Labute approximate surface area is 291 Å². The summed E-state index contributed by atoms with van der Waals surface area (Å²) < 4.78 is 6.48. The van der Waals surface area contributed by atoms with Crippen LogP contribution in [0.5, 0.6) is 11.5 Å². The largest absolute Gasteiger partial charge is 0.457 e. The van der Waals surface area contributed by atoms with Crippen molar-refractivity contribution < 1.29 is 4.74 Å². The van der Waals surface area contributed by atoms with Gasteiger partial charge in [0.25, 0.3) is 0 Å². The van der Waals surface area contributed by atoms with E-state index in [0.29, 0.717) is 17.5 Å². The van der Waals surface area contributed by atoms with Gasteiger partial charge in [0, 0.05) is 27.8 Å². The molecular formula is C46H31N3O. The second-order valence-electron chi connectivity index (χ2n) is 12.4. The monoisotopic (exact) mass is 641 g/mol. The number of hydrogen-bond donors (Lipinski definition) is 0. The van der Waals surface area contributed by atoms with Crippen LogP contribution in [0.25, 0.3) is 45.3 Å². The molecule has 4 heteroatoms. The number of fused-ring (bicyclic) bond motifs is 2. The zero-order valence-corrected chi connectivity index (χ0v) is 27.1. The second kappa shape index (κ2) is 12.4. The van der Waals surface area contributed by atoms with E-state index in [4.69, 9.17) is 19.7 Å². The number of para-hydroxylation sites is 2. The summed E-state index contributed by atoms with van der Waals surface area (Å²) in [6.07, 6.45) is 0. The number of nitrogens with zero attached hydrogens (tertiary/aromatic N) is 3. The Morgan fingerprint density at radius 3 is 1.30 bits per heavy atom. The van der Waals surface area contributed by atoms with E-state index < -0.39 is 5.41 Å². The van der Waals surface area contributed by atoms with Crippen LogP contribution in [0.2, 0.25) is 0 Å². The van der Waals surface area contributed by atoms with Gasteiger partial charge in [-0.05, 0) is 40.5 Å². The summed E-state index contributed by atoms with van der Waals surface area (Å²) in [6.45, 7) is 0. The Balaban J connectivity index is 1.16. The van der Waals surface area contributed by atoms with Crippen LogP contribution in [0.4, 0.5) is 0 Å². The van der Waals surface area contributed by atoms with Crippen molar-refractivity contribution in [3.63, 3.8) is 0 Å². The smallest absolute Gasteiger partial charge is 0.164 e. The molecule has 0 amide bonds. The van der Waals surface area contributed by atoms with Crippen LogP contribution in [0.3, 0.4) is 0 Å². The van der Waals surface area contributed by atoms with Crippen LogP contribution in [-0.2, 0) is 5.41 Å². The van der Waals surface area contributed by atoms with E-state index in [1.807, 2.05) is 72.8 Å². The number of rotatable bonds is 6. The Kier molecular flexibility index (Phi) is 7.33. The van der Waals surface area contributed by atoms with Crippen molar-refractivity contribution in [3.8, 4) is 56.8 Å². The molecule has 2 heterocycles. The Hall–Kier alpha value is -6.65. The molecule has 0 saturated heterocycles. The van der Waals surface area contributed by atoms with E-state index in [1.54, 1.807) is 0 Å². The maximum Gasteiger partial charge on any atom is 0.164 e. The molecule has 7 aromatic carbocycles. The summed E-state index contributed by atoms with van der Waals surface area (Å²) >= 11 is 0. The fourth-order valence-electron chi connectivity index (χ4n) is 7.16. The lowest BCUT2D eigenvalue weighted by atomic mass is 9.63. The zero-order chi connectivity index (χ0) is 33.3. The SMILES string of the molecule is c1ccc(-c2nc(-c3ccccc3)nc(-c3cccc(-c4ccc(C5(c6ccccc6)c6ccccc6Oc6ccccc65)cc4)c3)n2)cc1. The Bertz CT molecular complexity index is 2340. The van der Waals surface area contributed by atoms with Crippen molar-refractivity contribution in [2.45, 2.75) is 5.41 Å². The summed E-state index contributed by atoms with van der Waals surface area (Å²) in [5.41, 5.74) is 9.06. The van der Waals surface area contributed by atoms with Crippen molar-refractivity contribution in [3.05, 3.63) is 210 Å². The summed E-state index contributed by atoms with van der Waals surface area (Å²) in [7, 11) is 0. The van der Waals surface area contributed by atoms with Crippen LogP contribution < -0.4 is 4.74 Å². The second-order valence-corrected chi connectivity index (χ2v) is 12.4. The van der Waals surface area contributed by atoms with Crippen LogP contribution in [0.1, 0.15) is 22.3 Å². The van der Waals surface area contributed by atoms with Gasteiger partial charge in [-0.3, -0.25) is 0 Å². The molecule has 0 fully saturated rings. The summed E-state index contributed by atoms with van der Waals surface area (Å²) in [5, 5.41) is 0. The highest BCUT2D eigenvalue weighted by atomic mass is 16.5. The summed E-state index contributed by atoms with van der Waals surface area (Å²) in [5.74, 6) is 3.66. The minimum Gasteiger partial charge on any atom is -0.457 e. The standard InChI is InChI=1S/C46H31N3O/c1-4-15-33(16-5-1)43-47-44(34-17-6-2-7-18-34)49-45(48-43)36-20-14-19-35(31-36)32-27-29-38(30-28-32)46(37-21-8-3-9-22-37)39-23-10-12-25-41(39)50-42-26-13-11-24-40(42)46/h1-31H. The van der Waals surface area contributed by atoms with E-state index in [2.05, 4.69) is 115 Å². The molecule has 4 nitrogen and oxygen atoms in total. The van der Waals surface area contributed by atoms with Crippen molar-refractivity contribution in [2.75, 3.05) is 0 Å². The van der Waals surface area contributed by atoms with E-state index in [0.717, 1.165) is 50.4 Å². The van der Waals surface area contributed by atoms with Crippen LogP contribution in [0.15, 0.2) is 188 Å². The Morgan fingerprint density at radius 2 is 0.740 bits per heavy atom. The summed E-state index contributed by atoms with van der Waals surface area (Å²) in [4.78, 5) is 14.8. The molecule has 0 saturated carbocycles. The molecule has 0 spiro atoms. The third-order valence-corrected chi connectivity index (χ3v) is 9.48. The first-order chi connectivity index (χ1) is 24.8. The third kappa shape index (κ3) is 5.06. The highest BCUT2D eigenvalue weighted by molar-refractivity contribution is 5.74. The maximum atomic E-state index is 6.48. The number of aromatic nitrogens is 3. The molecule has 1 aromatic heterocycles. The average Bonchev–Trinajstić information content (AvgIpc) is 3.21. The highest BCUT2D eigenvalue weighted by Crippen LogP contribution is 2.55. The van der Waals surface area contributed by atoms with Crippen molar-refractivity contribution in [1.29, 1.82) is 0 Å². The van der Waals surface area contributed by atoms with Crippen molar-refractivity contribution in [1.82, 2.24) is 15.0 Å². The van der Waals surface area contributed by atoms with Gasteiger partial charge >= 0.3 is 0 Å². The summed E-state index contributed by atoms with van der Waals surface area (Å²) in [6, 6.07) is 65.1. The van der Waals surface area contributed by atoms with E-state index in [1.165, 1.54) is 11.1 Å². The minimum absolute atomic E-state index is 0.556. The van der Waals surface area contributed by atoms with Gasteiger partial charge in [-0.1, -0.05) is 170 Å². The molecule has 9 rings (SSSR count). The lowest BCUT2D eigenvalue weighted by molar-refractivity contribution is 0.434. The van der Waals surface area contributed by atoms with Gasteiger partial charge in [0.05, 0.1) is 5.41 Å². The van der Waals surface area contributed by atoms with Crippen molar-refractivity contribution in [2.24, 2.45) is 0 Å². The molecule has 0 bridgehead atoms. The minimum atomic E-state index is -0.556. The molecule has 1 aliphatic rings. The first-order valence-corrected chi connectivity index (χ1v) is 16.8. The van der Waals surface area contributed by atoms with Gasteiger partial charge in [-0.25, -0.2) is 15.0 Å². The molecule has 1 aliphatic heterocycles. The molecule has 0 aliphatic carbocycles. The van der Waals surface area contributed by atoms with Gasteiger partial charge < -0.3 is 4.74 Å². The maximum absolute atomic E-state index is 6.48. The third-order valence-electron chi connectivity index (χ3n) is 9.48. The molecule has 0 N–H and O–H groups in total. The first-order valence-electron chi connectivity index (χ1n) is 16.8. The van der Waals surface area contributed by atoms with Crippen molar-refractivity contribution >= 4 is 0 Å². The van der Waals surface area contributed by atoms with E-state index >= 15 is 0 Å². The van der Waals surface area contributed by atoms with Crippen LogP contribution >= 0.6 is 0 Å². The fourth-order valence-corrected chi connectivity index (χ4v) is 7.16. The van der Waals surface area contributed by atoms with Crippen LogP contribution in [-0.4, -0.2) is 15.0 Å². The average molecular weight is 642 g/mol. The topological polar surface area (TPSA) is 47.9 Å². The Morgan fingerprint density at radius 1 is 0.320 bits per heavy atom. The number of hydrogen-bond acceptors (Lipinski definition) is 4. The van der Waals surface area contributed by atoms with E-state index in [-0.39, 0.29) is 0 Å². The molecule has 8 aromatic rings. The van der Waals surface area contributed by atoms with Gasteiger partial charge in [0.2, 0.25) is 0 Å². The first kappa shape index (κ1) is 29.5.